The minimum atomic E-state index is -1.26. The molecule has 19 heavy (non-hydrogen) atoms. The Morgan fingerprint density at radius 2 is 2.11 bits per heavy atom. The molecule has 0 fully saturated rings. The summed E-state index contributed by atoms with van der Waals surface area (Å²) in [7, 11) is 0. The molecule has 1 rings (SSSR count). The van der Waals surface area contributed by atoms with Crippen LogP contribution in [0.1, 0.15) is 20.1 Å². The molecule has 1 aromatic rings. The fourth-order valence-electron chi connectivity index (χ4n) is 1.56. The van der Waals surface area contributed by atoms with Crippen molar-refractivity contribution in [2.24, 2.45) is 0 Å². The number of ether oxygens (including phenoxy) is 1. The van der Waals surface area contributed by atoms with Crippen molar-refractivity contribution in [2.45, 2.75) is 38.4 Å². The molecule has 1 heterocycles. The second-order valence-electron chi connectivity index (χ2n) is 4.23. The maximum atomic E-state index is 11.6. The zero-order chi connectivity index (χ0) is 14.6. The number of nitrogen functional groups attached to an aromatic ring is 1. The van der Waals surface area contributed by atoms with Crippen LogP contribution in [-0.2, 0) is 4.74 Å². The van der Waals surface area contributed by atoms with Gasteiger partial charge in [0.15, 0.2) is 0 Å². The maximum absolute atomic E-state index is 11.6. The lowest BCUT2D eigenvalue weighted by atomic mass is 10.1. The number of hydrogen-bond donors (Lipinski definition) is 4. The molecule has 0 radical (unpaired) electrons. The minimum absolute atomic E-state index is 0.0937. The van der Waals surface area contributed by atoms with Crippen LogP contribution < -0.4 is 11.4 Å². The zero-order valence-electron chi connectivity index (χ0n) is 10.8. The third-order valence-corrected chi connectivity index (χ3v) is 2.67. The van der Waals surface area contributed by atoms with Gasteiger partial charge in [-0.2, -0.15) is 4.98 Å². The first-order valence-corrected chi connectivity index (χ1v) is 5.84. The summed E-state index contributed by atoms with van der Waals surface area (Å²) in [5, 5.41) is 28.0. The van der Waals surface area contributed by atoms with Gasteiger partial charge in [-0.1, -0.05) is 0 Å². The van der Waals surface area contributed by atoms with E-state index in [4.69, 9.17) is 15.6 Å². The van der Waals surface area contributed by atoms with E-state index in [-0.39, 0.29) is 5.82 Å². The van der Waals surface area contributed by atoms with Gasteiger partial charge >= 0.3 is 5.69 Å². The van der Waals surface area contributed by atoms with Crippen LogP contribution in [0.5, 0.6) is 0 Å². The molecule has 8 heteroatoms. The van der Waals surface area contributed by atoms with Crippen LogP contribution >= 0.6 is 0 Å². The third kappa shape index (κ3) is 4.00. The number of nitrogens with zero attached hydrogens (tertiary/aromatic N) is 2. The number of hydrogen-bond acceptors (Lipinski definition) is 7. The van der Waals surface area contributed by atoms with Crippen LogP contribution in [0.25, 0.3) is 0 Å². The van der Waals surface area contributed by atoms with Crippen LogP contribution in [-0.4, -0.2) is 49.8 Å². The Morgan fingerprint density at radius 3 is 2.58 bits per heavy atom. The van der Waals surface area contributed by atoms with Crippen LogP contribution in [0, 0.1) is 0 Å². The Bertz CT molecular complexity index is 462. The van der Waals surface area contributed by atoms with Gasteiger partial charge in [0, 0.05) is 6.20 Å². The highest BCUT2D eigenvalue weighted by Crippen LogP contribution is 2.13. The summed E-state index contributed by atoms with van der Waals surface area (Å²) in [6.45, 7) is 2.43. The molecule has 0 amide bonds. The summed E-state index contributed by atoms with van der Waals surface area (Å²) in [5.74, 6) is 0.0937. The van der Waals surface area contributed by atoms with Crippen molar-refractivity contribution >= 4 is 5.82 Å². The van der Waals surface area contributed by atoms with Crippen LogP contribution in [0.4, 0.5) is 5.82 Å². The molecule has 4 atom stereocenters. The normalized spacial score (nSPS) is 17.7. The summed E-state index contributed by atoms with van der Waals surface area (Å²) in [4.78, 5) is 15.1. The van der Waals surface area contributed by atoms with E-state index in [1.807, 2.05) is 0 Å². The first kappa shape index (κ1) is 15.6. The second-order valence-corrected chi connectivity index (χ2v) is 4.23. The van der Waals surface area contributed by atoms with Crippen molar-refractivity contribution < 1.29 is 20.1 Å². The second kappa shape index (κ2) is 6.62. The maximum Gasteiger partial charge on any atom is 0.351 e. The first-order valence-electron chi connectivity index (χ1n) is 5.84. The molecule has 0 aromatic carbocycles. The average Bonchev–Trinajstić information content (AvgIpc) is 2.34. The number of aliphatic hydroxyl groups excluding tert-OH is 3. The Balaban J connectivity index is 2.82. The number of aliphatic hydroxyl groups is 3. The van der Waals surface area contributed by atoms with Gasteiger partial charge in [0.25, 0.3) is 0 Å². The Hall–Kier alpha value is -1.48. The number of anilines is 1. The molecule has 0 bridgehead atoms. The number of aromatic nitrogens is 2. The van der Waals surface area contributed by atoms with Gasteiger partial charge in [-0.3, -0.25) is 4.57 Å². The first-order chi connectivity index (χ1) is 8.86. The van der Waals surface area contributed by atoms with Crippen molar-refractivity contribution in [3.05, 3.63) is 22.7 Å². The largest absolute Gasteiger partial charge is 0.394 e. The third-order valence-electron chi connectivity index (χ3n) is 2.67. The Morgan fingerprint density at radius 1 is 1.47 bits per heavy atom. The molecular formula is C11H19N3O5. The van der Waals surface area contributed by atoms with Gasteiger partial charge in [-0.15, -0.1) is 0 Å². The average molecular weight is 273 g/mol. The molecule has 0 spiro atoms. The zero-order valence-corrected chi connectivity index (χ0v) is 10.8. The number of rotatable bonds is 6. The van der Waals surface area contributed by atoms with Crippen molar-refractivity contribution in [1.29, 1.82) is 0 Å². The summed E-state index contributed by atoms with van der Waals surface area (Å²) in [5.41, 5.74) is 4.76. The molecule has 8 nitrogen and oxygen atoms in total. The molecule has 5 N–H and O–H groups in total. The standard InChI is InChI=1S/C11H19N3O5/c1-6(16)10(17)8(5-15)19-7(2)14-4-3-9(12)13-11(14)18/h3-4,6-8,10,15-17H,5H2,1-2H3,(H2,12,13,18). The monoisotopic (exact) mass is 273 g/mol. The van der Waals surface area contributed by atoms with Crippen molar-refractivity contribution in [2.75, 3.05) is 12.3 Å². The molecule has 0 saturated carbocycles. The van der Waals surface area contributed by atoms with Gasteiger partial charge in [-0.05, 0) is 19.9 Å². The molecule has 108 valence electrons. The summed E-state index contributed by atoms with van der Waals surface area (Å²) >= 11 is 0. The molecule has 0 aliphatic rings. The molecular weight excluding hydrogens is 254 g/mol. The smallest absolute Gasteiger partial charge is 0.351 e. The van der Waals surface area contributed by atoms with E-state index in [1.165, 1.54) is 19.2 Å². The Kier molecular flexibility index (Phi) is 5.43. The van der Waals surface area contributed by atoms with E-state index in [0.717, 1.165) is 4.57 Å². The Labute approximate surface area is 110 Å². The minimum Gasteiger partial charge on any atom is -0.394 e. The quantitative estimate of drug-likeness (QED) is 0.494. The molecule has 0 aliphatic heterocycles. The molecule has 4 unspecified atom stereocenters. The summed E-state index contributed by atoms with van der Waals surface area (Å²) < 4.78 is 6.51. The highest BCUT2D eigenvalue weighted by molar-refractivity contribution is 5.23. The fourth-order valence-corrected chi connectivity index (χ4v) is 1.56. The predicted molar refractivity (Wildman–Crippen MR) is 67.3 cm³/mol. The lowest BCUT2D eigenvalue weighted by Gasteiger charge is -2.27. The van der Waals surface area contributed by atoms with Crippen molar-refractivity contribution in [3.63, 3.8) is 0 Å². The van der Waals surface area contributed by atoms with Gasteiger partial charge in [0.2, 0.25) is 0 Å². The molecule has 0 aliphatic carbocycles. The van der Waals surface area contributed by atoms with Crippen molar-refractivity contribution in [1.82, 2.24) is 9.55 Å². The van der Waals surface area contributed by atoms with Crippen LogP contribution in [0.3, 0.4) is 0 Å². The predicted octanol–water partition coefficient (Wildman–Crippen LogP) is -1.54. The summed E-state index contributed by atoms with van der Waals surface area (Å²) in [6, 6.07) is 1.43. The highest BCUT2D eigenvalue weighted by Gasteiger charge is 2.26. The van der Waals surface area contributed by atoms with E-state index in [1.54, 1.807) is 6.92 Å². The van der Waals surface area contributed by atoms with E-state index >= 15 is 0 Å². The molecule has 1 aromatic heterocycles. The lowest BCUT2D eigenvalue weighted by Crippen LogP contribution is -2.42. The van der Waals surface area contributed by atoms with E-state index in [2.05, 4.69) is 4.98 Å². The van der Waals surface area contributed by atoms with E-state index in [9.17, 15) is 15.0 Å². The van der Waals surface area contributed by atoms with Gasteiger partial charge < -0.3 is 25.8 Å². The fraction of sp³-hybridized carbons (Fsp3) is 0.636. The van der Waals surface area contributed by atoms with Gasteiger partial charge in [0.1, 0.15) is 24.3 Å². The van der Waals surface area contributed by atoms with E-state index in [0.29, 0.717) is 0 Å². The van der Waals surface area contributed by atoms with Crippen LogP contribution in [0.2, 0.25) is 0 Å². The van der Waals surface area contributed by atoms with E-state index < -0.39 is 36.8 Å². The van der Waals surface area contributed by atoms with Gasteiger partial charge in [0.05, 0.1) is 12.7 Å². The van der Waals surface area contributed by atoms with Gasteiger partial charge in [-0.25, -0.2) is 4.79 Å². The summed E-state index contributed by atoms with van der Waals surface area (Å²) in [6.07, 6.45) is -2.71. The highest BCUT2D eigenvalue weighted by atomic mass is 16.5. The topological polar surface area (TPSA) is 131 Å². The SMILES string of the molecule is CC(O)C(O)C(CO)OC(C)n1ccc(N)nc1=O. The van der Waals surface area contributed by atoms with Crippen LogP contribution in [0.15, 0.2) is 17.1 Å². The van der Waals surface area contributed by atoms with Crippen molar-refractivity contribution in [3.8, 4) is 0 Å². The molecule has 0 saturated heterocycles. The number of nitrogens with two attached hydrogens (primary N) is 1. The lowest BCUT2D eigenvalue weighted by molar-refractivity contribution is -0.142.